The van der Waals surface area contributed by atoms with E-state index in [0.29, 0.717) is 6.42 Å². The molecule has 2 N–H and O–H groups in total. The maximum absolute atomic E-state index is 13.6. The van der Waals surface area contributed by atoms with Crippen LogP contribution >= 0.6 is 0 Å². The van der Waals surface area contributed by atoms with E-state index in [4.69, 9.17) is 6.42 Å². The molecule has 1 aromatic rings. The molecule has 2 atom stereocenters. The Hall–Kier alpha value is -2.42. The van der Waals surface area contributed by atoms with E-state index in [-0.39, 0.29) is 18.7 Å². The number of benzene rings is 1. The van der Waals surface area contributed by atoms with Crippen molar-refractivity contribution in [1.82, 2.24) is 10.6 Å². The Bertz CT molecular complexity index is 590. The highest BCUT2D eigenvalue weighted by molar-refractivity contribution is 5.88. The van der Waals surface area contributed by atoms with E-state index < -0.39 is 35.3 Å². The summed E-state index contributed by atoms with van der Waals surface area (Å²) in [5.74, 6) is -0.840. The number of amides is 2. The van der Waals surface area contributed by atoms with Crippen molar-refractivity contribution in [1.29, 1.82) is 0 Å². The number of hydrogen-bond acceptors (Lipinski definition) is 2. The van der Waals surface area contributed by atoms with Crippen molar-refractivity contribution in [3.05, 3.63) is 35.4 Å². The first kappa shape index (κ1) is 15.0. The van der Waals surface area contributed by atoms with Gasteiger partial charge in [0.25, 0.3) is 0 Å². The van der Waals surface area contributed by atoms with Gasteiger partial charge in [0.15, 0.2) is 0 Å². The van der Waals surface area contributed by atoms with Gasteiger partial charge in [-0.1, -0.05) is 12.0 Å². The molecule has 0 bridgehead atoms. The van der Waals surface area contributed by atoms with E-state index >= 15 is 0 Å². The molecule has 1 fully saturated rings. The smallest absolute Gasteiger partial charge is 0.240 e. The molecular weight excluding hydrogens is 278 g/mol. The van der Waals surface area contributed by atoms with Crippen molar-refractivity contribution in [3.63, 3.8) is 0 Å². The molecule has 6 heteroatoms. The van der Waals surface area contributed by atoms with Gasteiger partial charge in [-0.25, -0.2) is 8.78 Å². The fourth-order valence-corrected chi connectivity index (χ4v) is 2.18. The topological polar surface area (TPSA) is 58.2 Å². The van der Waals surface area contributed by atoms with Gasteiger partial charge in [-0.3, -0.25) is 9.59 Å². The Labute approximate surface area is 120 Å². The van der Waals surface area contributed by atoms with E-state index in [2.05, 4.69) is 16.6 Å². The molecule has 0 aliphatic heterocycles. The van der Waals surface area contributed by atoms with Crippen molar-refractivity contribution < 1.29 is 18.4 Å². The lowest BCUT2D eigenvalue weighted by atomic mass is 10.1. The molecule has 0 radical (unpaired) electrons. The van der Waals surface area contributed by atoms with Crippen LogP contribution in [0.4, 0.5) is 8.78 Å². The predicted octanol–water partition coefficient (Wildman–Crippen LogP) is 0.934. The highest BCUT2D eigenvalue weighted by Gasteiger charge is 2.46. The number of hydrogen-bond donors (Lipinski definition) is 2. The van der Waals surface area contributed by atoms with Crippen LogP contribution in [0.25, 0.3) is 0 Å². The lowest BCUT2D eigenvalue weighted by molar-refractivity contribution is -0.126. The summed E-state index contributed by atoms with van der Waals surface area (Å²) in [6.07, 6.45) is 5.35. The number of rotatable bonds is 5. The molecule has 1 aliphatic rings. The standard InChI is InChI=1S/C15H14F2N2O2/c1-2-6-18-13(20)8-19-15(21)10-7-9(10)14-11(16)4-3-5-12(14)17/h1,3-5,9-10H,6-8H2,(H,18,20)(H,19,21). The molecule has 0 saturated heterocycles. The molecule has 2 unspecified atom stereocenters. The highest BCUT2D eigenvalue weighted by atomic mass is 19.1. The minimum absolute atomic E-state index is 0.0607. The summed E-state index contributed by atoms with van der Waals surface area (Å²) in [4.78, 5) is 23.1. The Morgan fingerprint density at radius 2 is 1.95 bits per heavy atom. The van der Waals surface area contributed by atoms with Crippen molar-refractivity contribution in [2.45, 2.75) is 12.3 Å². The number of nitrogens with one attached hydrogen (secondary N) is 2. The van der Waals surface area contributed by atoms with Gasteiger partial charge < -0.3 is 10.6 Å². The zero-order chi connectivity index (χ0) is 15.4. The minimum atomic E-state index is -0.651. The van der Waals surface area contributed by atoms with Gasteiger partial charge in [-0.15, -0.1) is 6.42 Å². The first-order chi connectivity index (χ1) is 10.0. The summed E-state index contributed by atoms with van der Waals surface area (Å²) in [5, 5.41) is 4.83. The number of carbonyl (C=O) groups is 2. The quantitative estimate of drug-likeness (QED) is 0.793. The maximum Gasteiger partial charge on any atom is 0.240 e. The largest absolute Gasteiger partial charge is 0.347 e. The maximum atomic E-state index is 13.6. The second-order valence-electron chi connectivity index (χ2n) is 4.78. The molecule has 2 amide bonds. The molecule has 4 nitrogen and oxygen atoms in total. The molecule has 0 spiro atoms. The third kappa shape index (κ3) is 3.57. The zero-order valence-corrected chi connectivity index (χ0v) is 11.2. The minimum Gasteiger partial charge on any atom is -0.347 e. The molecule has 0 heterocycles. The van der Waals surface area contributed by atoms with E-state index in [1.54, 1.807) is 0 Å². The molecule has 2 rings (SSSR count). The normalized spacial score (nSPS) is 19.5. The molecule has 21 heavy (non-hydrogen) atoms. The van der Waals surface area contributed by atoms with Crippen molar-refractivity contribution in [2.75, 3.05) is 13.1 Å². The number of halogens is 2. The van der Waals surface area contributed by atoms with Crippen LogP contribution in [0.3, 0.4) is 0 Å². The van der Waals surface area contributed by atoms with E-state index in [1.165, 1.54) is 18.2 Å². The fourth-order valence-electron chi connectivity index (χ4n) is 2.18. The second-order valence-corrected chi connectivity index (χ2v) is 4.78. The fraction of sp³-hybridized carbons (Fsp3) is 0.333. The summed E-state index contributed by atoms with van der Waals surface area (Å²) in [7, 11) is 0. The summed E-state index contributed by atoms with van der Waals surface area (Å²) in [6.45, 7) is -0.120. The van der Waals surface area contributed by atoms with Crippen LogP contribution in [0.15, 0.2) is 18.2 Å². The first-order valence-electron chi connectivity index (χ1n) is 6.46. The van der Waals surface area contributed by atoms with E-state index in [1.807, 2.05) is 0 Å². The van der Waals surface area contributed by atoms with Crippen molar-refractivity contribution in [3.8, 4) is 12.3 Å². The molecule has 1 aromatic carbocycles. The van der Waals surface area contributed by atoms with Gasteiger partial charge in [0, 0.05) is 17.4 Å². The van der Waals surface area contributed by atoms with Crippen LogP contribution in [0, 0.1) is 29.9 Å². The average molecular weight is 292 g/mol. The third-order valence-electron chi connectivity index (χ3n) is 3.31. The molecule has 1 saturated carbocycles. The monoisotopic (exact) mass is 292 g/mol. The SMILES string of the molecule is C#CCNC(=O)CNC(=O)C1CC1c1c(F)cccc1F. The van der Waals surface area contributed by atoms with Crippen molar-refractivity contribution >= 4 is 11.8 Å². The average Bonchev–Trinajstić information content (AvgIpc) is 3.22. The summed E-state index contributed by atoms with van der Waals surface area (Å²) in [5.41, 5.74) is -0.0607. The number of carbonyl (C=O) groups excluding carboxylic acids is 2. The van der Waals surface area contributed by atoms with Gasteiger partial charge in [-0.2, -0.15) is 0 Å². The molecular formula is C15H14F2N2O2. The third-order valence-corrected chi connectivity index (χ3v) is 3.31. The Balaban J connectivity index is 1.87. The van der Waals surface area contributed by atoms with Crippen LogP contribution in [0.1, 0.15) is 17.9 Å². The Morgan fingerprint density at radius 3 is 2.57 bits per heavy atom. The first-order valence-corrected chi connectivity index (χ1v) is 6.46. The lowest BCUT2D eigenvalue weighted by Gasteiger charge is -2.06. The van der Waals surface area contributed by atoms with Crippen LogP contribution in [-0.4, -0.2) is 24.9 Å². The Kier molecular flexibility index (Phi) is 4.53. The molecule has 1 aliphatic carbocycles. The van der Waals surface area contributed by atoms with E-state index in [0.717, 1.165) is 0 Å². The summed E-state index contributed by atoms with van der Waals surface area (Å²) < 4.78 is 27.2. The van der Waals surface area contributed by atoms with E-state index in [9.17, 15) is 18.4 Å². The predicted molar refractivity (Wildman–Crippen MR) is 72.1 cm³/mol. The lowest BCUT2D eigenvalue weighted by Crippen LogP contribution is -2.37. The second kappa shape index (κ2) is 6.35. The van der Waals surface area contributed by atoms with Gasteiger partial charge in [-0.05, 0) is 18.6 Å². The Morgan fingerprint density at radius 1 is 1.29 bits per heavy atom. The van der Waals surface area contributed by atoms with Crippen LogP contribution < -0.4 is 10.6 Å². The van der Waals surface area contributed by atoms with Gasteiger partial charge >= 0.3 is 0 Å². The van der Waals surface area contributed by atoms with Crippen LogP contribution in [-0.2, 0) is 9.59 Å². The summed E-state index contributed by atoms with van der Waals surface area (Å²) in [6, 6.07) is 3.61. The summed E-state index contributed by atoms with van der Waals surface area (Å²) >= 11 is 0. The molecule has 110 valence electrons. The van der Waals surface area contributed by atoms with Crippen LogP contribution in [0.5, 0.6) is 0 Å². The zero-order valence-electron chi connectivity index (χ0n) is 11.2. The van der Waals surface area contributed by atoms with Crippen molar-refractivity contribution in [2.24, 2.45) is 5.92 Å². The number of terminal acetylenes is 1. The molecule has 0 aromatic heterocycles. The van der Waals surface area contributed by atoms with Gasteiger partial charge in [0.2, 0.25) is 11.8 Å². The van der Waals surface area contributed by atoms with Gasteiger partial charge in [0.05, 0.1) is 13.1 Å². The highest BCUT2D eigenvalue weighted by Crippen LogP contribution is 2.49. The van der Waals surface area contributed by atoms with Gasteiger partial charge in [0.1, 0.15) is 11.6 Å². The van der Waals surface area contributed by atoms with Crippen LogP contribution in [0.2, 0.25) is 0 Å².